The fraction of sp³-hybridized carbons (Fsp3) is 0.188. The van der Waals surface area contributed by atoms with Crippen molar-refractivity contribution >= 4 is 33.2 Å². The smallest absolute Gasteiger partial charge is 0.228 e. The van der Waals surface area contributed by atoms with Crippen LogP contribution in [0.1, 0.15) is 17.9 Å². The molecule has 20 heavy (non-hydrogen) atoms. The van der Waals surface area contributed by atoms with Gasteiger partial charge >= 0.3 is 0 Å². The number of hydrogen-bond acceptors (Lipinski definition) is 2. The van der Waals surface area contributed by atoms with Crippen LogP contribution in [0.4, 0.5) is 11.4 Å². The van der Waals surface area contributed by atoms with Crippen LogP contribution in [0.5, 0.6) is 0 Å². The van der Waals surface area contributed by atoms with Gasteiger partial charge in [0.05, 0.1) is 0 Å². The van der Waals surface area contributed by atoms with Crippen LogP contribution in [-0.2, 0) is 4.79 Å². The molecule has 1 aliphatic rings. The quantitative estimate of drug-likeness (QED) is 0.841. The summed E-state index contributed by atoms with van der Waals surface area (Å²) in [7, 11) is 0. The molecule has 2 unspecified atom stereocenters. The Morgan fingerprint density at radius 1 is 1.20 bits per heavy atom. The normalized spacial score (nSPS) is 20.4. The lowest BCUT2D eigenvalue weighted by molar-refractivity contribution is -0.117. The minimum Gasteiger partial charge on any atom is -0.398 e. The van der Waals surface area contributed by atoms with Gasteiger partial charge in [-0.25, -0.2) is 0 Å². The van der Waals surface area contributed by atoms with Gasteiger partial charge in [0.1, 0.15) is 0 Å². The monoisotopic (exact) mass is 330 g/mol. The van der Waals surface area contributed by atoms with Crippen molar-refractivity contribution < 1.29 is 4.79 Å². The van der Waals surface area contributed by atoms with E-state index in [1.807, 2.05) is 30.3 Å². The lowest BCUT2D eigenvalue weighted by atomic mass is 10.1. The predicted molar refractivity (Wildman–Crippen MR) is 84.5 cm³/mol. The third-order valence-electron chi connectivity index (χ3n) is 3.62. The van der Waals surface area contributed by atoms with E-state index in [0.29, 0.717) is 11.6 Å². The van der Waals surface area contributed by atoms with Gasteiger partial charge in [0.2, 0.25) is 5.91 Å². The minimum atomic E-state index is 0.0775. The molecule has 2 aromatic rings. The number of carbonyl (C=O) groups is 1. The number of hydrogen-bond donors (Lipinski definition) is 2. The topological polar surface area (TPSA) is 55.1 Å². The summed E-state index contributed by atoms with van der Waals surface area (Å²) < 4.78 is 0.797. The highest BCUT2D eigenvalue weighted by molar-refractivity contribution is 9.10. The summed E-state index contributed by atoms with van der Waals surface area (Å²) in [5, 5.41) is 2.95. The van der Waals surface area contributed by atoms with E-state index in [1.54, 1.807) is 6.07 Å². The molecule has 1 fully saturated rings. The number of benzene rings is 2. The summed E-state index contributed by atoms with van der Waals surface area (Å²) in [6, 6.07) is 15.6. The first-order chi connectivity index (χ1) is 9.65. The predicted octanol–water partition coefficient (Wildman–Crippen LogP) is 3.77. The van der Waals surface area contributed by atoms with Crippen molar-refractivity contribution in [1.29, 1.82) is 0 Å². The van der Waals surface area contributed by atoms with E-state index in [2.05, 4.69) is 33.4 Å². The molecule has 0 bridgehead atoms. The zero-order chi connectivity index (χ0) is 14.1. The molecule has 102 valence electrons. The average Bonchev–Trinajstić information content (AvgIpc) is 3.24. The van der Waals surface area contributed by atoms with Crippen molar-refractivity contribution in [3.63, 3.8) is 0 Å². The molecule has 0 heterocycles. The van der Waals surface area contributed by atoms with Gasteiger partial charge in [-0.1, -0.05) is 30.3 Å². The Kier molecular flexibility index (Phi) is 3.49. The molecule has 2 atom stereocenters. The lowest BCUT2D eigenvalue weighted by Gasteiger charge is -2.07. The lowest BCUT2D eigenvalue weighted by Crippen LogP contribution is -2.14. The van der Waals surface area contributed by atoms with Gasteiger partial charge in [-0.05, 0) is 52.0 Å². The Labute approximate surface area is 126 Å². The Balaban J connectivity index is 1.65. The number of nitrogens with two attached hydrogens (primary N) is 1. The maximum Gasteiger partial charge on any atom is 0.228 e. The van der Waals surface area contributed by atoms with Crippen molar-refractivity contribution in [3.8, 4) is 0 Å². The Bertz CT molecular complexity index is 642. The van der Waals surface area contributed by atoms with Crippen LogP contribution in [-0.4, -0.2) is 5.91 Å². The fourth-order valence-corrected chi connectivity index (χ4v) is 2.77. The number of rotatable bonds is 3. The van der Waals surface area contributed by atoms with Crippen LogP contribution >= 0.6 is 15.9 Å². The first-order valence-electron chi connectivity index (χ1n) is 6.56. The zero-order valence-electron chi connectivity index (χ0n) is 10.8. The molecular formula is C16H15BrN2O. The van der Waals surface area contributed by atoms with Crippen LogP contribution in [0.3, 0.4) is 0 Å². The average molecular weight is 331 g/mol. The van der Waals surface area contributed by atoms with E-state index >= 15 is 0 Å². The molecule has 1 saturated carbocycles. The van der Waals surface area contributed by atoms with Crippen LogP contribution in [0.25, 0.3) is 0 Å². The third-order valence-corrected chi connectivity index (χ3v) is 4.31. The SMILES string of the molecule is Nc1ccc(NC(=O)C2CC2c2ccccc2)cc1Br. The molecule has 3 rings (SSSR count). The van der Waals surface area contributed by atoms with Gasteiger partial charge in [-0.3, -0.25) is 4.79 Å². The van der Waals surface area contributed by atoms with Crippen LogP contribution in [0.15, 0.2) is 53.0 Å². The van der Waals surface area contributed by atoms with Gasteiger partial charge in [0.25, 0.3) is 0 Å². The summed E-state index contributed by atoms with van der Waals surface area (Å²) in [4.78, 5) is 12.2. The van der Waals surface area contributed by atoms with Crippen molar-refractivity contribution in [2.45, 2.75) is 12.3 Å². The van der Waals surface area contributed by atoms with E-state index in [4.69, 9.17) is 5.73 Å². The molecule has 3 N–H and O–H groups in total. The molecule has 0 saturated heterocycles. The van der Waals surface area contributed by atoms with Gasteiger partial charge in [0, 0.05) is 21.8 Å². The summed E-state index contributed by atoms with van der Waals surface area (Å²) in [6.45, 7) is 0. The second-order valence-electron chi connectivity index (χ2n) is 5.08. The number of nitrogen functional groups attached to an aromatic ring is 1. The molecule has 1 aliphatic carbocycles. The number of anilines is 2. The van der Waals surface area contributed by atoms with Crippen LogP contribution in [0.2, 0.25) is 0 Å². The van der Waals surface area contributed by atoms with Gasteiger partial charge in [-0.2, -0.15) is 0 Å². The number of amides is 1. The molecular weight excluding hydrogens is 316 g/mol. The third kappa shape index (κ3) is 2.70. The van der Waals surface area contributed by atoms with E-state index in [-0.39, 0.29) is 11.8 Å². The van der Waals surface area contributed by atoms with E-state index in [1.165, 1.54) is 5.56 Å². The van der Waals surface area contributed by atoms with Gasteiger partial charge < -0.3 is 11.1 Å². The van der Waals surface area contributed by atoms with Crippen molar-refractivity contribution in [2.24, 2.45) is 5.92 Å². The number of carbonyl (C=O) groups excluding carboxylic acids is 1. The van der Waals surface area contributed by atoms with E-state index in [0.717, 1.165) is 16.6 Å². The van der Waals surface area contributed by atoms with Crippen molar-refractivity contribution in [3.05, 3.63) is 58.6 Å². The maximum absolute atomic E-state index is 12.2. The standard InChI is InChI=1S/C16H15BrN2O/c17-14-8-11(6-7-15(14)18)19-16(20)13-9-12(13)10-4-2-1-3-5-10/h1-8,12-13H,9,18H2,(H,19,20). The highest BCUT2D eigenvalue weighted by atomic mass is 79.9. The first-order valence-corrected chi connectivity index (χ1v) is 7.35. The largest absolute Gasteiger partial charge is 0.398 e. The van der Waals surface area contributed by atoms with Gasteiger partial charge in [0.15, 0.2) is 0 Å². The fourth-order valence-electron chi connectivity index (χ4n) is 2.39. The second kappa shape index (κ2) is 5.29. The summed E-state index contributed by atoms with van der Waals surface area (Å²) >= 11 is 3.36. The first kappa shape index (κ1) is 13.2. The van der Waals surface area contributed by atoms with E-state index in [9.17, 15) is 4.79 Å². The zero-order valence-corrected chi connectivity index (χ0v) is 12.4. The molecule has 0 spiro atoms. The Hall–Kier alpha value is -1.81. The minimum absolute atomic E-state index is 0.0775. The number of halogens is 1. The maximum atomic E-state index is 12.2. The van der Waals surface area contributed by atoms with Gasteiger partial charge in [-0.15, -0.1) is 0 Å². The highest BCUT2D eigenvalue weighted by Gasteiger charge is 2.43. The van der Waals surface area contributed by atoms with Crippen molar-refractivity contribution in [1.82, 2.24) is 0 Å². The second-order valence-corrected chi connectivity index (χ2v) is 5.94. The molecule has 2 aromatic carbocycles. The molecule has 0 aromatic heterocycles. The summed E-state index contributed by atoms with van der Waals surface area (Å²) in [5.41, 5.74) is 8.41. The molecule has 1 amide bonds. The summed E-state index contributed by atoms with van der Waals surface area (Å²) in [5.74, 6) is 0.512. The molecule has 0 radical (unpaired) electrons. The molecule has 4 heteroatoms. The highest BCUT2D eigenvalue weighted by Crippen LogP contribution is 2.47. The molecule has 3 nitrogen and oxygen atoms in total. The summed E-state index contributed by atoms with van der Waals surface area (Å²) in [6.07, 6.45) is 0.923. The van der Waals surface area contributed by atoms with Crippen LogP contribution in [0, 0.1) is 5.92 Å². The Morgan fingerprint density at radius 2 is 1.95 bits per heavy atom. The molecule has 0 aliphatic heterocycles. The van der Waals surface area contributed by atoms with Crippen LogP contribution < -0.4 is 11.1 Å². The number of nitrogens with one attached hydrogen (secondary N) is 1. The van der Waals surface area contributed by atoms with Crippen molar-refractivity contribution in [2.75, 3.05) is 11.1 Å². The van der Waals surface area contributed by atoms with E-state index < -0.39 is 0 Å². The Morgan fingerprint density at radius 3 is 2.65 bits per heavy atom.